The van der Waals surface area contributed by atoms with Crippen LogP contribution in [0, 0.1) is 5.92 Å². The second kappa shape index (κ2) is 10.8. The molecule has 1 amide bonds. The second-order valence-corrected chi connectivity index (χ2v) is 9.76. The van der Waals surface area contributed by atoms with Gasteiger partial charge >= 0.3 is 0 Å². The van der Waals surface area contributed by atoms with Crippen LogP contribution >= 0.6 is 11.6 Å². The molecule has 1 atom stereocenters. The van der Waals surface area contributed by atoms with Gasteiger partial charge in [-0.1, -0.05) is 35.9 Å². The zero-order valence-electron chi connectivity index (χ0n) is 20.0. The third-order valence-electron chi connectivity index (χ3n) is 7.13. The predicted octanol–water partition coefficient (Wildman–Crippen LogP) is 5.30. The number of nitrogens with zero attached hydrogens (tertiary/aromatic N) is 2. The van der Waals surface area contributed by atoms with E-state index in [2.05, 4.69) is 23.1 Å². The maximum atomic E-state index is 13.2. The minimum absolute atomic E-state index is 0.0314. The maximum absolute atomic E-state index is 13.2. The van der Waals surface area contributed by atoms with E-state index in [0.29, 0.717) is 24.9 Å². The first-order chi connectivity index (χ1) is 17.1. The fourth-order valence-electron chi connectivity index (χ4n) is 5.17. The monoisotopic (exact) mass is 494 g/mol. The lowest BCUT2D eigenvalue weighted by atomic mass is 9.84. The number of carbonyl (C=O) groups excluding carboxylic acids is 1. The third kappa shape index (κ3) is 5.49. The molecule has 2 aliphatic heterocycles. The molecule has 2 aromatic carbocycles. The van der Waals surface area contributed by atoms with Gasteiger partial charge in [0.25, 0.3) is 5.91 Å². The summed E-state index contributed by atoms with van der Waals surface area (Å²) >= 11 is 6.51. The van der Waals surface area contributed by atoms with Gasteiger partial charge in [0.15, 0.2) is 17.3 Å². The number of furan rings is 1. The van der Waals surface area contributed by atoms with Gasteiger partial charge in [-0.25, -0.2) is 0 Å². The molecule has 3 heterocycles. The van der Waals surface area contributed by atoms with Crippen LogP contribution in [-0.2, 0) is 13.0 Å². The summed E-state index contributed by atoms with van der Waals surface area (Å²) < 4.78 is 16.8. The fourth-order valence-corrected chi connectivity index (χ4v) is 5.39. The minimum Gasteiger partial charge on any atom is -0.486 e. The summed E-state index contributed by atoms with van der Waals surface area (Å²) in [6.07, 6.45) is 4.28. The van der Waals surface area contributed by atoms with Gasteiger partial charge in [0, 0.05) is 24.7 Å². The molecule has 0 radical (unpaired) electrons. The van der Waals surface area contributed by atoms with Gasteiger partial charge < -0.3 is 18.8 Å². The highest BCUT2D eigenvalue weighted by Crippen LogP contribution is 2.33. The molecule has 7 heteroatoms. The van der Waals surface area contributed by atoms with Crippen molar-refractivity contribution in [3.8, 4) is 11.5 Å². The highest BCUT2D eigenvalue weighted by atomic mass is 35.5. The summed E-state index contributed by atoms with van der Waals surface area (Å²) in [7, 11) is 1.88. The van der Waals surface area contributed by atoms with Crippen molar-refractivity contribution in [2.24, 2.45) is 5.92 Å². The lowest BCUT2D eigenvalue weighted by Crippen LogP contribution is -2.47. The first-order valence-corrected chi connectivity index (χ1v) is 12.6. The standard InChI is InChI=1S/C28H31ClN2O4/c1-30(28(32)26-7-4-14-33-26)24(18-22-5-2-3-6-23(22)29)21-10-12-31(13-11-21)19-20-8-9-25-27(17-20)35-16-15-34-25/h2-9,14,17,21,24H,10-13,15-16,18-19H2,1H3/t24-/m1/s1. The van der Waals surface area contributed by atoms with Crippen LogP contribution in [0.15, 0.2) is 65.3 Å². The average Bonchev–Trinajstić information content (AvgIpc) is 3.43. The molecular weight excluding hydrogens is 464 g/mol. The summed E-state index contributed by atoms with van der Waals surface area (Å²) in [5, 5.41) is 0.743. The van der Waals surface area contributed by atoms with Crippen LogP contribution in [0.25, 0.3) is 0 Å². The van der Waals surface area contributed by atoms with Crippen LogP contribution in [0.2, 0.25) is 5.02 Å². The number of hydrogen-bond acceptors (Lipinski definition) is 5. The van der Waals surface area contributed by atoms with E-state index >= 15 is 0 Å². The van der Waals surface area contributed by atoms with Crippen molar-refractivity contribution in [3.05, 3.63) is 82.8 Å². The second-order valence-electron chi connectivity index (χ2n) is 9.35. The van der Waals surface area contributed by atoms with Crippen molar-refractivity contribution in [2.45, 2.75) is 31.8 Å². The number of ether oxygens (including phenoxy) is 2. The number of likely N-dealkylation sites (tertiary alicyclic amines) is 1. The molecule has 35 heavy (non-hydrogen) atoms. The van der Waals surface area contributed by atoms with Crippen LogP contribution in [0.5, 0.6) is 11.5 Å². The summed E-state index contributed by atoms with van der Waals surface area (Å²) in [5.74, 6) is 2.30. The number of amides is 1. The van der Waals surface area contributed by atoms with Gasteiger partial charge in [-0.3, -0.25) is 9.69 Å². The number of piperidine rings is 1. The molecule has 0 unspecified atom stereocenters. The normalized spacial score (nSPS) is 17.2. The molecule has 3 aromatic rings. The van der Waals surface area contributed by atoms with E-state index in [1.807, 2.05) is 36.2 Å². The van der Waals surface area contributed by atoms with Crippen LogP contribution in [0.1, 0.15) is 34.5 Å². The zero-order valence-corrected chi connectivity index (χ0v) is 20.7. The first-order valence-electron chi connectivity index (χ1n) is 12.2. The predicted molar refractivity (Wildman–Crippen MR) is 135 cm³/mol. The number of likely N-dealkylation sites (N-methyl/N-ethyl adjacent to an activating group) is 1. The minimum atomic E-state index is -0.0919. The van der Waals surface area contributed by atoms with Crippen molar-refractivity contribution in [3.63, 3.8) is 0 Å². The van der Waals surface area contributed by atoms with Gasteiger partial charge in [0.1, 0.15) is 13.2 Å². The van der Waals surface area contributed by atoms with E-state index in [4.69, 9.17) is 25.5 Å². The van der Waals surface area contributed by atoms with E-state index in [0.717, 1.165) is 61.0 Å². The Balaban J connectivity index is 1.27. The highest BCUT2D eigenvalue weighted by molar-refractivity contribution is 6.31. The average molecular weight is 495 g/mol. The lowest BCUT2D eigenvalue weighted by Gasteiger charge is -2.40. The molecular formula is C28H31ClN2O4. The van der Waals surface area contributed by atoms with Gasteiger partial charge in [-0.05, 0) is 79.7 Å². The number of hydrogen-bond donors (Lipinski definition) is 0. The van der Waals surface area contributed by atoms with E-state index in [-0.39, 0.29) is 11.9 Å². The molecule has 0 saturated carbocycles. The fraction of sp³-hybridized carbons (Fsp3) is 0.393. The number of fused-ring (bicyclic) bond motifs is 1. The maximum Gasteiger partial charge on any atom is 0.289 e. The molecule has 0 spiro atoms. The Morgan fingerprint density at radius 3 is 2.57 bits per heavy atom. The lowest BCUT2D eigenvalue weighted by molar-refractivity contribution is 0.0556. The summed E-state index contributed by atoms with van der Waals surface area (Å²) in [4.78, 5) is 17.5. The molecule has 5 rings (SSSR count). The van der Waals surface area contributed by atoms with E-state index in [9.17, 15) is 4.79 Å². The molecule has 0 bridgehead atoms. The molecule has 0 N–H and O–H groups in total. The molecule has 1 saturated heterocycles. The summed E-state index contributed by atoms with van der Waals surface area (Å²) in [5.41, 5.74) is 2.29. The molecule has 6 nitrogen and oxygen atoms in total. The summed E-state index contributed by atoms with van der Waals surface area (Å²) in [6, 6.07) is 17.6. The van der Waals surface area contributed by atoms with E-state index < -0.39 is 0 Å². The number of halogens is 1. The smallest absolute Gasteiger partial charge is 0.289 e. The molecule has 184 valence electrons. The van der Waals surface area contributed by atoms with E-state index in [1.54, 1.807) is 18.4 Å². The van der Waals surface area contributed by atoms with Crippen LogP contribution < -0.4 is 9.47 Å². The molecule has 2 aliphatic rings. The quantitative estimate of drug-likeness (QED) is 0.446. The van der Waals surface area contributed by atoms with Crippen molar-refractivity contribution >= 4 is 17.5 Å². The Hall–Kier alpha value is -2.96. The Labute approximate surface area is 211 Å². The SMILES string of the molecule is CN(C(=O)c1ccco1)[C@H](Cc1ccccc1Cl)C1CCN(Cc2ccc3c(c2)OCCO3)CC1. The van der Waals surface area contributed by atoms with Crippen LogP contribution in [0.4, 0.5) is 0 Å². The first kappa shape index (κ1) is 23.8. The molecule has 0 aliphatic carbocycles. The van der Waals surface area contributed by atoms with Crippen LogP contribution in [0.3, 0.4) is 0 Å². The van der Waals surface area contributed by atoms with Crippen molar-refractivity contribution in [1.82, 2.24) is 9.80 Å². The Kier molecular flexibility index (Phi) is 7.30. The molecule has 1 fully saturated rings. The van der Waals surface area contributed by atoms with Gasteiger partial charge in [0.05, 0.1) is 6.26 Å². The Morgan fingerprint density at radius 2 is 1.83 bits per heavy atom. The number of carbonyl (C=O) groups is 1. The number of rotatable bonds is 7. The molecule has 1 aromatic heterocycles. The highest BCUT2D eigenvalue weighted by Gasteiger charge is 2.33. The largest absolute Gasteiger partial charge is 0.486 e. The topological polar surface area (TPSA) is 55.2 Å². The third-order valence-corrected chi connectivity index (χ3v) is 7.49. The number of benzene rings is 2. The van der Waals surface area contributed by atoms with Gasteiger partial charge in [-0.15, -0.1) is 0 Å². The van der Waals surface area contributed by atoms with Crippen molar-refractivity contribution < 1.29 is 18.7 Å². The van der Waals surface area contributed by atoms with E-state index in [1.165, 1.54) is 5.56 Å². The summed E-state index contributed by atoms with van der Waals surface area (Å²) in [6.45, 7) is 4.02. The van der Waals surface area contributed by atoms with Gasteiger partial charge in [-0.2, -0.15) is 0 Å². The van der Waals surface area contributed by atoms with Crippen molar-refractivity contribution in [2.75, 3.05) is 33.4 Å². The zero-order chi connectivity index (χ0) is 24.2. The Bertz CT molecular complexity index is 1140. The van der Waals surface area contributed by atoms with Gasteiger partial charge in [0.2, 0.25) is 0 Å². The van der Waals surface area contributed by atoms with Crippen LogP contribution in [-0.4, -0.2) is 55.1 Å². The Morgan fingerprint density at radius 1 is 1.06 bits per heavy atom. The van der Waals surface area contributed by atoms with Crippen molar-refractivity contribution in [1.29, 1.82) is 0 Å².